The first-order chi connectivity index (χ1) is 6.31. The van der Waals surface area contributed by atoms with E-state index >= 15 is 0 Å². The van der Waals surface area contributed by atoms with E-state index in [-0.39, 0.29) is 5.57 Å². The molecule has 66 valence electrons. The molecule has 0 bridgehead atoms. The molecule has 0 radical (unpaired) electrons. The Labute approximate surface area is 76.5 Å². The molecule has 0 heterocycles. The monoisotopic (exact) mass is 175 g/mol. The molecule has 0 fully saturated rings. The highest BCUT2D eigenvalue weighted by molar-refractivity contribution is 5.76. The van der Waals surface area contributed by atoms with Gasteiger partial charge in [-0.05, 0) is 17.7 Å². The number of aliphatic hydroxyl groups is 1. The van der Waals surface area contributed by atoms with Crippen molar-refractivity contribution in [3.63, 3.8) is 0 Å². The van der Waals surface area contributed by atoms with Crippen LogP contribution in [-0.4, -0.2) is 12.2 Å². The minimum absolute atomic E-state index is 0.221. The van der Waals surface area contributed by atoms with Gasteiger partial charge in [-0.2, -0.15) is 5.26 Å². The third-order valence-corrected chi connectivity index (χ3v) is 1.63. The first kappa shape index (κ1) is 9.14. The predicted octanol–water partition coefficient (Wildman–Crippen LogP) is 2.12. The molecule has 0 amide bonds. The average Bonchev–Trinajstić information content (AvgIpc) is 2.20. The largest absolute Gasteiger partial charge is 0.514 e. The molecule has 0 aliphatic carbocycles. The lowest BCUT2D eigenvalue weighted by Gasteiger charge is -2.01. The number of hydrogen-bond donors (Lipinski definition) is 1. The van der Waals surface area contributed by atoms with Crippen molar-refractivity contribution in [2.75, 3.05) is 7.11 Å². The van der Waals surface area contributed by atoms with Crippen LogP contribution in [0.2, 0.25) is 0 Å². The van der Waals surface area contributed by atoms with Gasteiger partial charge in [0, 0.05) is 0 Å². The first-order valence-electron chi connectivity index (χ1n) is 3.70. The minimum Gasteiger partial charge on any atom is -0.514 e. The topological polar surface area (TPSA) is 53.2 Å². The molecule has 0 aliphatic heterocycles. The van der Waals surface area contributed by atoms with E-state index in [1.54, 1.807) is 31.4 Å². The van der Waals surface area contributed by atoms with E-state index in [0.717, 1.165) is 6.26 Å². The summed E-state index contributed by atoms with van der Waals surface area (Å²) in [6, 6.07) is 8.82. The Morgan fingerprint density at radius 3 is 2.92 bits per heavy atom. The van der Waals surface area contributed by atoms with Gasteiger partial charge in [-0.25, -0.2) is 0 Å². The molecule has 1 aromatic rings. The summed E-state index contributed by atoms with van der Waals surface area (Å²) in [4.78, 5) is 0. The molecular formula is C10H9NO2. The first-order valence-corrected chi connectivity index (χ1v) is 3.70. The van der Waals surface area contributed by atoms with Crippen molar-refractivity contribution in [2.45, 2.75) is 0 Å². The fraction of sp³-hybridized carbons (Fsp3) is 0.100. The van der Waals surface area contributed by atoms with Gasteiger partial charge in [0.05, 0.1) is 18.9 Å². The smallest absolute Gasteiger partial charge is 0.119 e. The zero-order valence-corrected chi connectivity index (χ0v) is 7.19. The fourth-order valence-electron chi connectivity index (χ4n) is 0.959. The van der Waals surface area contributed by atoms with Gasteiger partial charge in [0.2, 0.25) is 0 Å². The molecule has 0 saturated carbocycles. The Hall–Kier alpha value is -1.95. The molecule has 0 atom stereocenters. The molecule has 0 aliphatic rings. The summed E-state index contributed by atoms with van der Waals surface area (Å²) in [6.45, 7) is 0. The number of ether oxygens (including phenoxy) is 1. The van der Waals surface area contributed by atoms with Crippen LogP contribution in [0.25, 0.3) is 5.57 Å². The highest BCUT2D eigenvalue weighted by Crippen LogP contribution is 2.18. The van der Waals surface area contributed by atoms with Crippen LogP contribution in [0.4, 0.5) is 0 Å². The lowest BCUT2D eigenvalue weighted by Crippen LogP contribution is -1.85. The lowest BCUT2D eigenvalue weighted by molar-refractivity contribution is 0.414. The van der Waals surface area contributed by atoms with E-state index in [1.807, 2.05) is 6.07 Å². The highest BCUT2D eigenvalue weighted by atomic mass is 16.5. The quantitative estimate of drug-likeness (QED) is 0.553. The zero-order chi connectivity index (χ0) is 9.68. The number of rotatable bonds is 2. The van der Waals surface area contributed by atoms with Crippen LogP contribution in [0.5, 0.6) is 5.75 Å². The summed E-state index contributed by atoms with van der Waals surface area (Å²) < 4.78 is 4.98. The Bertz CT molecular complexity index is 363. The van der Waals surface area contributed by atoms with E-state index < -0.39 is 0 Å². The summed E-state index contributed by atoms with van der Waals surface area (Å²) in [6.07, 6.45) is 0.786. The number of aliphatic hydroxyl groups excluding tert-OH is 1. The number of allylic oxidation sites excluding steroid dienone is 1. The number of nitrogens with zero attached hydrogens (tertiary/aromatic N) is 1. The molecule has 0 spiro atoms. The van der Waals surface area contributed by atoms with Gasteiger partial charge < -0.3 is 9.84 Å². The molecule has 0 unspecified atom stereocenters. The van der Waals surface area contributed by atoms with Crippen molar-refractivity contribution >= 4 is 5.57 Å². The van der Waals surface area contributed by atoms with Crippen LogP contribution in [-0.2, 0) is 0 Å². The third-order valence-electron chi connectivity index (χ3n) is 1.63. The molecule has 13 heavy (non-hydrogen) atoms. The molecule has 1 rings (SSSR count). The second-order valence-electron chi connectivity index (χ2n) is 2.39. The van der Waals surface area contributed by atoms with Gasteiger partial charge in [0.25, 0.3) is 0 Å². The molecule has 1 aromatic carbocycles. The minimum atomic E-state index is 0.221. The Kier molecular flexibility index (Phi) is 2.93. The van der Waals surface area contributed by atoms with Crippen LogP contribution < -0.4 is 4.74 Å². The van der Waals surface area contributed by atoms with E-state index in [2.05, 4.69) is 0 Å². The fourth-order valence-corrected chi connectivity index (χ4v) is 0.959. The summed E-state index contributed by atoms with van der Waals surface area (Å²) >= 11 is 0. The summed E-state index contributed by atoms with van der Waals surface area (Å²) in [5, 5.41) is 17.3. The third kappa shape index (κ3) is 2.00. The number of nitriles is 1. The summed E-state index contributed by atoms with van der Waals surface area (Å²) in [5.41, 5.74) is 0.864. The van der Waals surface area contributed by atoms with Gasteiger partial charge in [-0.1, -0.05) is 12.1 Å². The SMILES string of the molecule is COc1cccc(/C(C#N)=C/O)c1. The average molecular weight is 175 g/mol. The van der Waals surface area contributed by atoms with E-state index in [4.69, 9.17) is 15.1 Å². The highest BCUT2D eigenvalue weighted by Gasteiger charge is 2.00. The van der Waals surface area contributed by atoms with Crippen molar-refractivity contribution in [3.8, 4) is 11.8 Å². The maximum absolute atomic E-state index is 8.72. The van der Waals surface area contributed by atoms with Gasteiger partial charge in [0.1, 0.15) is 11.8 Å². The van der Waals surface area contributed by atoms with E-state index in [0.29, 0.717) is 11.3 Å². The number of methoxy groups -OCH3 is 1. The molecule has 1 N–H and O–H groups in total. The van der Waals surface area contributed by atoms with Gasteiger partial charge >= 0.3 is 0 Å². The molecule has 3 heteroatoms. The molecule has 3 nitrogen and oxygen atoms in total. The maximum atomic E-state index is 8.72. The second-order valence-corrected chi connectivity index (χ2v) is 2.39. The van der Waals surface area contributed by atoms with Crippen LogP contribution in [0.1, 0.15) is 5.56 Å². The normalized spacial score (nSPS) is 10.6. The summed E-state index contributed by atoms with van der Waals surface area (Å²) in [7, 11) is 1.55. The Balaban J connectivity index is 3.10. The van der Waals surface area contributed by atoms with Gasteiger partial charge in [-0.15, -0.1) is 0 Å². The second kappa shape index (κ2) is 4.17. The molecule has 0 saturated heterocycles. The van der Waals surface area contributed by atoms with Gasteiger partial charge in [-0.3, -0.25) is 0 Å². The van der Waals surface area contributed by atoms with Gasteiger partial charge in [0.15, 0.2) is 0 Å². The van der Waals surface area contributed by atoms with Crippen LogP contribution in [0.3, 0.4) is 0 Å². The van der Waals surface area contributed by atoms with Crippen molar-refractivity contribution in [1.82, 2.24) is 0 Å². The van der Waals surface area contributed by atoms with Crippen LogP contribution in [0, 0.1) is 11.3 Å². The lowest BCUT2D eigenvalue weighted by atomic mass is 10.1. The van der Waals surface area contributed by atoms with Crippen LogP contribution >= 0.6 is 0 Å². The maximum Gasteiger partial charge on any atom is 0.119 e. The van der Waals surface area contributed by atoms with Crippen molar-refractivity contribution in [1.29, 1.82) is 5.26 Å². The number of hydrogen-bond acceptors (Lipinski definition) is 3. The number of benzene rings is 1. The van der Waals surface area contributed by atoms with Crippen molar-refractivity contribution < 1.29 is 9.84 Å². The zero-order valence-electron chi connectivity index (χ0n) is 7.19. The Morgan fingerprint density at radius 2 is 2.38 bits per heavy atom. The predicted molar refractivity (Wildman–Crippen MR) is 49.2 cm³/mol. The van der Waals surface area contributed by atoms with E-state index in [9.17, 15) is 0 Å². The van der Waals surface area contributed by atoms with Crippen molar-refractivity contribution in [2.24, 2.45) is 0 Å². The standard InChI is InChI=1S/C10H9NO2/c1-13-10-4-2-3-8(5-10)9(6-11)7-12/h2-5,7,12H,1H3/b9-7+. The summed E-state index contributed by atoms with van der Waals surface area (Å²) in [5.74, 6) is 0.659. The molecule has 0 aromatic heterocycles. The van der Waals surface area contributed by atoms with Crippen LogP contribution in [0.15, 0.2) is 30.5 Å². The molecular weight excluding hydrogens is 166 g/mol. The Morgan fingerprint density at radius 1 is 1.62 bits per heavy atom. The van der Waals surface area contributed by atoms with Crippen molar-refractivity contribution in [3.05, 3.63) is 36.1 Å². The van der Waals surface area contributed by atoms with E-state index in [1.165, 1.54) is 0 Å².